The highest BCUT2D eigenvalue weighted by atomic mass is 16.5. The van der Waals surface area contributed by atoms with Gasteiger partial charge in [-0.25, -0.2) is 4.79 Å². The van der Waals surface area contributed by atoms with Crippen molar-refractivity contribution in [3.05, 3.63) is 23.7 Å². The van der Waals surface area contributed by atoms with Crippen LogP contribution in [0.1, 0.15) is 29.0 Å². The van der Waals surface area contributed by atoms with E-state index in [1.807, 2.05) is 6.07 Å². The SMILES string of the molecule is COC(=O)c1occc1CN1CCCC1CN. The maximum absolute atomic E-state index is 11.5. The number of rotatable bonds is 4. The number of ether oxygens (including phenoxy) is 1. The quantitative estimate of drug-likeness (QED) is 0.792. The highest BCUT2D eigenvalue weighted by Crippen LogP contribution is 2.21. The fourth-order valence-electron chi connectivity index (χ4n) is 2.32. The van der Waals surface area contributed by atoms with Crippen LogP contribution in [-0.4, -0.2) is 37.1 Å². The van der Waals surface area contributed by atoms with Crippen LogP contribution in [0.15, 0.2) is 16.7 Å². The zero-order chi connectivity index (χ0) is 12.3. The minimum Gasteiger partial charge on any atom is -0.463 e. The van der Waals surface area contributed by atoms with Gasteiger partial charge in [0, 0.05) is 24.7 Å². The average Bonchev–Trinajstić information content (AvgIpc) is 2.97. The number of carbonyl (C=O) groups excluding carboxylic acids is 1. The number of hydrogen-bond acceptors (Lipinski definition) is 5. The Morgan fingerprint density at radius 2 is 2.53 bits per heavy atom. The summed E-state index contributed by atoms with van der Waals surface area (Å²) in [5.74, 6) is -0.122. The van der Waals surface area contributed by atoms with E-state index >= 15 is 0 Å². The van der Waals surface area contributed by atoms with Gasteiger partial charge in [-0.2, -0.15) is 0 Å². The molecule has 2 heterocycles. The Balaban J connectivity index is 2.08. The summed E-state index contributed by atoms with van der Waals surface area (Å²) in [6, 6.07) is 2.23. The Kier molecular flexibility index (Phi) is 3.81. The van der Waals surface area contributed by atoms with Crippen LogP contribution in [0.4, 0.5) is 0 Å². The maximum atomic E-state index is 11.5. The molecule has 1 aromatic heterocycles. The normalized spacial score (nSPS) is 20.7. The number of hydrogen-bond donors (Lipinski definition) is 1. The monoisotopic (exact) mass is 238 g/mol. The first-order valence-corrected chi connectivity index (χ1v) is 5.85. The molecule has 17 heavy (non-hydrogen) atoms. The van der Waals surface area contributed by atoms with Crippen molar-refractivity contribution in [3.8, 4) is 0 Å². The zero-order valence-corrected chi connectivity index (χ0v) is 10.0. The standard InChI is InChI=1S/C12H18N2O3/c1-16-12(15)11-9(4-6-17-11)8-14-5-2-3-10(14)7-13/h4,6,10H,2-3,5,7-8,13H2,1H3. The fraction of sp³-hybridized carbons (Fsp3) is 0.583. The molecule has 0 aliphatic carbocycles. The summed E-state index contributed by atoms with van der Waals surface area (Å²) in [4.78, 5) is 13.8. The number of nitrogens with two attached hydrogens (primary N) is 1. The van der Waals surface area contributed by atoms with Crippen LogP contribution in [0.2, 0.25) is 0 Å². The summed E-state index contributed by atoms with van der Waals surface area (Å²) < 4.78 is 9.84. The molecule has 2 rings (SSSR count). The third-order valence-corrected chi connectivity index (χ3v) is 3.26. The van der Waals surface area contributed by atoms with E-state index in [1.165, 1.54) is 13.4 Å². The third kappa shape index (κ3) is 2.50. The van der Waals surface area contributed by atoms with Gasteiger partial charge in [0.1, 0.15) is 0 Å². The third-order valence-electron chi connectivity index (χ3n) is 3.26. The molecule has 1 atom stereocenters. The summed E-state index contributed by atoms with van der Waals surface area (Å²) in [6.07, 6.45) is 3.81. The van der Waals surface area contributed by atoms with Crippen molar-refractivity contribution in [2.45, 2.75) is 25.4 Å². The van der Waals surface area contributed by atoms with Crippen LogP contribution in [0.5, 0.6) is 0 Å². The molecule has 0 spiro atoms. The molecule has 1 aromatic rings. The van der Waals surface area contributed by atoms with Gasteiger partial charge in [-0.3, -0.25) is 4.90 Å². The lowest BCUT2D eigenvalue weighted by molar-refractivity contribution is 0.0561. The van der Waals surface area contributed by atoms with Crippen LogP contribution in [-0.2, 0) is 11.3 Å². The smallest absolute Gasteiger partial charge is 0.374 e. The molecule has 94 valence electrons. The highest BCUT2D eigenvalue weighted by Gasteiger charge is 2.25. The second-order valence-electron chi connectivity index (χ2n) is 4.27. The van der Waals surface area contributed by atoms with Gasteiger partial charge in [0.05, 0.1) is 13.4 Å². The van der Waals surface area contributed by atoms with E-state index in [0.29, 0.717) is 24.9 Å². The van der Waals surface area contributed by atoms with Crippen molar-refractivity contribution < 1.29 is 13.9 Å². The summed E-state index contributed by atoms with van der Waals surface area (Å²) in [7, 11) is 1.35. The Morgan fingerprint density at radius 1 is 1.71 bits per heavy atom. The molecule has 1 saturated heterocycles. The molecule has 0 radical (unpaired) electrons. The second kappa shape index (κ2) is 5.33. The van der Waals surface area contributed by atoms with Gasteiger partial charge in [-0.1, -0.05) is 0 Å². The minimum absolute atomic E-state index is 0.301. The van der Waals surface area contributed by atoms with E-state index < -0.39 is 5.97 Å². The molecule has 1 aliphatic heterocycles. The number of methoxy groups -OCH3 is 1. The van der Waals surface area contributed by atoms with Crippen molar-refractivity contribution in [2.24, 2.45) is 5.73 Å². The molecular weight excluding hydrogens is 220 g/mol. The first-order valence-electron chi connectivity index (χ1n) is 5.85. The van der Waals surface area contributed by atoms with Gasteiger partial charge >= 0.3 is 5.97 Å². The molecule has 5 nitrogen and oxygen atoms in total. The molecule has 0 aromatic carbocycles. The average molecular weight is 238 g/mol. The predicted octanol–water partition coefficient (Wildman–Crippen LogP) is 0.989. The number of carbonyl (C=O) groups is 1. The molecule has 0 saturated carbocycles. The molecule has 2 N–H and O–H groups in total. The fourth-order valence-corrected chi connectivity index (χ4v) is 2.32. The van der Waals surface area contributed by atoms with Crippen molar-refractivity contribution in [1.29, 1.82) is 0 Å². The lowest BCUT2D eigenvalue weighted by atomic mass is 10.2. The Hall–Kier alpha value is -1.33. The van der Waals surface area contributed by atoms with Crippen molar-refractivity contribution in [2.75, 3.05) is 20.2 Å². The lowest BCUT2D eigenvalue weighted by Crippen LogP contribution is -2.35. The van der Waals surface area contributed by atoms with E-state index in [-0.39, 0.29) is 0 Å². The number of furan rings is 1. The van der Waals surface area contributed by atoms with Gasteiger partial charge in [0.15, 0.2) is 0 Å². The molecule has 1 unspecified atom stereocenters. The Labute approximate surface area is 101 Å². The number of esters is 1. The van der Waals surface area contributed by atoms with Crippen LogP contribution in [0, 0.1) is 0 Å². The molecule has 0 amide bonds. The molecule has 0 bridgehead atoms. The predicted molar refractivity (Wildman–Crippen MR) is 62.5 cm³/mol. The van der Waals surface area contributed by atoms with E-state index in [1.54, 1.807) is 0 Å². The van der Waals surface area contributed by atoms with E-state index in [4.69, 9.17) is 10.2 Å². The maximum Gasteiger partial charge on any atom is 0.374 e. The van der Waals surface area contributed by atoms with Crippen LogP contribution >= 0.6 is 0 Å². The van der Waals surface area contributed by atoms with Gasteiger partial charge in [0.25, 0.3) is 0 Å². The van der Waals surface area contributed by atoms with Gasteiger partial charge in [0.2, 0.25) is 5.76 Å². The van der Waals surface area contributed by atoms with Crippen molar-refractivity contribution in [1.82, 2.24) is 4.90 Å². The molecule has 5 heteroatoms. The minimum atomic E-state index is -0.423. The zero-order valence-electron chi connectivity index (χ0n) is 10.0. The van der Waals surface area contributed by atoms with E-state index in [2.05, 4.69) is 9.64 Å². The van der Waals surface area contributed by atoms with Gasteiger partial charge in [-0.05, 0) is 25.5 Å². The number of likely N-dealkylation sites (tertiary alicyclic amines) is 1. The van der Waals surface area contributed by atoms with E-state index in [0.717, 1.165) is 24.9 Å². The van der Waals surface area contributed by atoms with E-state index in [9.17, 15) is 4.79 Å². The van der Waals surface area contributed by atoms with Crippen molar-refractivity contribution >= 4 is 5.97 Å². The largest absolute Gasteiger partial charge is 0.463 e. The summed E-state index contributed by atoms with van der Waals surface area (Å²) in [5, 5.41) is 0. The Bertz CT molecular complexity index is 389. The van der Waals surface area contributed by atoms with Crippen LogP contribution in [0.3, 0.4) is 0 Å². The summed E-state index contributed by atoms with van der Waals surface area (Å²) >= 11 is 0. The Morgan fingerprint density at radius 3 is 3.24 bits per heavy atom. The molecule has 1 fully saturated rings. The first kappa shape index (κ1) is 12.1. The lowest BCUT2D eigenvalue weighted by Gasteiger charge is -2.22. The van der Waals surface area contributed by atoms with Crippen LogP contribution in [0.25, 0.3) is 0 Å². The van der Waals surface area contributed by atoms with Crippen molar-refractivity contribution in [3.63, 3.8) is 0 Å². The molecular formula is C12H18N2O3. The summed E-state index contributed by atoms with van der Waals surface area (Å²) in [6.45, 7) is 2.38. The topological polar surface area (TPSA) is 68.7 Å². The number of nitrogens with zero attached hydrogens (tertiary/aromatic N) is 1. The van der Waals surface area contributed by atoms with Gasteiger partial charge < -0.3 is 14.9 Å². The summed E-state index contributed by atoms with van der Waals surface area (Å²) in [5.41, 5.74) is 6.59. The second-order valence-corrected chi connectivity index (χ2v) is 4.27. The molecule has 1 aliphatic rings. The van der Waals surface area contributed by atoms with Gasteiger partial charge in [-0.15, -0.1) is 0 Å². The van der Waals surface area contributed by atoms with Crippen LogP contribution < -0.4 is 5.73 Å². The highest BCUT2D eigenvalue weighted by molar-refractivity contribution is 5.87. The first-order chi connectivity index (χ1) is 8.26.